The fraction of sp³-hybridized carbons (Fsp3) is 0.684. The molecule has 162 valence electrons. The molecule has 0 spiro atoms. The molecule has 0 saturated carbocycles. The lowest BCUT2D eigenvalue weighted by Gasteiger charge is -2.40. The van der Waals surface area contributed by atoms with E-state index < -0.39 is 0 Å². The highest BCUT2D eigenvalue weighted by molar-refractivity contribution is 7.99. The summed E-state index contributed by atoms with van der Waals surface area (Å²) in [4.78, 5) is 36.9. The highest BCUT2D eigenvalue weighted by Crippen LogP contribution is 2.24. The minimum Gasteiger partial charge on any atom is -0.355 e. The number of carbonyl (C=O) groups is 2. The maximum absolute atomic E-state index is 12.1. The van der Waals surface area contributed by atoms with Gasteiger partial charge in [0.1, 0.15) is 11.0 Å². The molecule has 0 radical (unpaired) electrons. The normalized spacial score (nSPS) is 16.8. The van der Waals surface area contributed by atoms with Gasteiger partial charge in [0, 0.05) is 44.8 Å². The molecule has 29 heavy (non-hydrogen) atoms. The van der Waals surface area contributed by atoms with Crippen LogP contribution in [0.3, 0.4) is 0 Å². The van der Waals surface area contributed by atoms with Gasteiger partial charge in [-0.3, -0.25) is 4.79 Å². The maximum Gasteiger partial charge on any atom is 0.317 e. The van der Waals surface area contributed by atoms with Gasteiger partial charge in [-0.25, -0.2) is 14.8 Å². The SMILES string of the molecule is CCNC(=O)N1CCN(c2cc(Cl)nc(SCC(=O)NCCC(C)C)n2)CC1C. The van der Waals surface area contributed by atoms with E-state index in [-0.39, 0.29) is 23.7 Å². The summed E-state index contributed by atoms with van der Waals surface area (Å²) in [6, 6.07) is 1.73. The number of hydrogen-bond acceptors (Lipinski definition) is 6. The topological polar surface area (TPSA) is 90.5 Å². The summed E-state index contributed by atoms with van der Waals surface area (Å²) in [5.41, 5.74) is 0. The Hall–Kier alpha value is -1.74. The minimum absolute atomic E-state index is 0.0371. The summed E-state index contributed by atoms with van der Waals surface area (Å²) in [7, 11) is 0. The predicted molar refractivity (Wildman–Crippen MR) is 118 cm³/mol. The summed E-state index contributed by atoms with van der Waals surface area (Å²) in [5.74, 6) is 1.48. The average molecular weight is 443 g/mol. The molecule has 2 heterocycles. The summed E-state index contributed by atoms with van der Waals surface area (Å²) in [6.45, 7) is 11.4. The van der Waals surface area contributed by atoms with Crippen LogP contribution in [0.25, 0.3) is 0 Å². The van der Waals surface area contributed by atoms with Crippen molar-refractivity contribution < 1.29 is 9.59 Å². The zero-order valence-electron chi connectivity index (χ0n) is 17.6. The van der Waals surface area contributed by atoms with Gasteiger partial charge in [-0.15, -0.1) is 0 Å². The zero-order valence-corrected chi connectivity index (χ0v) is 19.1. The number of hydrogen-bond donors (Lipinski definition) is 2. The highest BCUT2D eigenvalue weighted by atomic mass is 35.5. The first-order valence-electron chi connectivity index (χ1n) is 10.0. The van der Waals surface area contributed by atoms with E-state index in [1.807, 2.05) is 18.7 Å². The van der Waals surface area contributed by atoms with Gasteiger partial charge in [-0.1, -0.05) is 37.2 Å². The molecule has 1 fully saturated rings. The van der Waals surface area contributed by atoms with Crippen molar-refractivity contribution in [2.75, 3.05) is 43.4 Å². The Morgan fingerprint density at radius 3 is 2.72 bits per heavy atom. The lowest BCUT2D eigenvalue weighted by atomic mass is 10.1. The molecule has 10 heteroatoms. The third-order valence-corrected chi connectivity index (χ3v) is 5.62. The molecule has 0 bridgehead atoms. The molecule has 1 aromatic heterocycles. The van der Waals surface area contributed by atoms with Gasteiger partial charge >= 0.3 is 6.03 Å². The Bertz CT molecular complexity index is 705. The smallest absolute Gasteiger partial charge is 0.317 e. The Morgan fingerprint density at radius 2 is 2.07 bits per heavy atom. The molecular weight excluding hydrogens is 412 g/mol. The summed E-state index contributed by atoms with van der Waals surface area (Å²) in [6.07, 6.45) is 0.953. The molecule has 1 unspecified atom stereocenters. The molecule has 1 saturated heterocycles. The molecule has 0 aromatic carbocycles. The van der Waals surface area contributed by atoms with E-state index in [0.717, 1.165) is 12.2 Å². The third-order valence-electron chi connectivity index (χ3n) is 4.58. The Kier molecular flexibility index (Phi) is 9.29. The van der Waals surface area contributed by atoms with Crippen molar-refractivity contribution in [1.82, 2.24) is 25.5 Å². The average Bonchev–Trinajstić information content (AvgIpc) is 2.65. The molecule has 1 aliphatic rings. The largest absolute Gasteiger partial charge is 0.355 e. The number of urea groups is 1. The number of carbonyl (C=O) groups excluding carboxylic acids is 2. The lowest BCUT2D eigenvalue weighted by Crippen LogP contribution is -2.56. The summed E-state index contributed by atoms with van der Waals surface area (Å²) >= 11 is 7.47. The quantitative estimate of drug-likeness (QED) is 0.365. The molecule has 1 aliphatic heterocycles. The van der Waals surface area contributed by atoms with Crippen molar-refractivity contribution in [3.8, 4) is 0 Å². The van der Waals surface area contributed by atoms with Crippen molar-refractivity contribution in [2.24, 2.45) is 5.92 Å². The molecule has 2 rings (SSSR count). The van der Waals surface area contributed by atoms with Gasteiger partial charge in [-0.05, 0) is 26.2 Å². The number of aromatic nitrogens is 2. The fourth-order valence-corrected chi connectivity index (χ4v) is 3.92. The van der Waals surface area contributed by atoms with Gasteiger partial charge in [0.05, 0.1) is 5.75 Å². The zero-order chi connectivity index (χ0) is 21.4. The first-order chi connectivity index (χ1) is 13.8. The van der Waals surface area contributed by atoms with Crippen LogP contribution >= 0.6 is 23.4 Å². The predicted octanol–water partition coefficient (Wildman–Crippen LogP) is 2.62. The third kappa shape index (κ3) is 7.54. The van der Waals surface area contributed by atoms with Crippen LogP contribution in [0.4, 0.5) is 10.6 Å². The Balaban J connectivity index is 1.93. The summed E-state index contributed by atoms with van der Waals surface area (Å²) < 4.78 is 0. The molecule has 1 atom stereocenters. The fourth-order valence-electron chi connectivity index (χ4n) is 3.01. The first kappa shape index (κ1) is 23.5. The highest BCUT2D eigenvalue weighted by Gasteiger charge is 2.28. The lowest BCUT2D eigenvalue weighted by molar-refractivity contribution is -0.118. The van der Waals surface area contributed by atoms with E-state index in [2.05, 4.69) is 39.3 Å². The Labute approximate surface area is 182 Å². The van der Waals surface area contributed by atoms with Crippen LogP contribution in [0.2, 0.25) is 5.15 Å². The number of anilines is 1. The maximum atomic E-state index is 12.1. The van der Waals surface area contributed by atoms with Crippen LogP contribution in [0.5, 0.6) is 0 Å². The summed E-state index contributed by atoms with van der Waals surface area (Å²) in [5, 5.41) is 6.57. The second kappa shape index (κ2) is 11.4. The number of amides is 3. The van der Waals surface area contributed by atoms with E-state index in [4.69, 9.17) is 11.6 Å². The van der Waals surface area contributed by atoms with Crippen LogP contribution in [0, 0.1) is 5.92 Å². The van der Waals surface area contributed by atoms with E-state index in [1.165, 1.54) is 11.8 Å². The number of nitrogens with one attached hydrogen (secondary N) is 2. The van der Waals surface area contributed by atoms with Crippen molar-refractivity contribution in [3.05, 3.63) is 11.2 Å². The molecule has 3 amide bonds. The molecule has 2 N–H and O–H groups in total. The van der Waals surface area contributed by atoms with Gasteiger partial charge in [0.2, 0.25) is 5.91 Å². The van der Waals surface area contributed by atoms with Crippen molar-refractivity contribution in [3.63, 3.8) is 0 Å². The van der Waals surface area contributed by atoms with Crippen molar-refractivity contribution >= 4 is 41.1 Å². The van der Waals surface area contributed by atoms with E-state index in [1.54, 1.807) is 6.07 Å². The van der Waals surface area contributed by atoms with Crippen LogP contribution in [0.15, 0.2) is 11.2 Å². The standard InChI is InChI=1S/C19H31ClN6O2S/c1-5-21-19(28)26-9-8-25(11-14(26)4)16-10-15(20)23-18(24-16)29-12-17(27)22-7-6-13(2)3/h10,13-14H,5-9,11-12H2,1-4H3,(H,21,28)(H,22,27). The van der Waals surface area contributed by atoms with E-state index >= 15 is 0 Å². The van der Waals surface area contributed by atoms with Gasteiger partial charge in [-0.2, -0.15) is 0 Å². The monoisotopic (exact) mass is 442 g/mol. The molecule has 8 nitrogen and oxygen atoms in total. The van der Waals surface area contributed by atoms with Crippen molar-refractivity contribution in [1.29, 1.82) is 0 Å². The number of halogens is 1. The molecule has 0 aliphatic carbocycles. The van der Waals surface area contributed by atoms with Crippen molar-refractivity contribution in [2.45, 2.75) is 45.3 Å². The number of rotatable bonds is 8. The van der Waals surface area contributed by atoms with Crippen LogP contribution < -0.4 is 15.5 Å². The van der Waals surface area contributed by atoms with Gasteiger partial charge < -0.3 is 20.4 Å². The molecule has 1 aromatic rings. The number of nitrogens with zero attached hydrogens (tertiary/aromatic N) is 4. The van der Waals surface area contributed by atoms with Gasteiger partial charge in [0.25, 0.3) is 0 Å². The minimum atomic E-state index is -0.0416. The van der Waals surface area contributed by atoms with E-state index in [9.17, 15) is 9.59 Å². The second-order valence-electron chi connectivity index (χ2n) is 7.48. The van der Waals surface area contributed by atoms with Crippen LogP contribution in [-0.4, -0.2) is 71.3 Å². The Morgan fingerprint density at radius 1 is 1.31 bits per heavy atom. The number of thioether (sulfide) groups is 1. The molecular formula is C19H31ClN6O2S. The van der Waals surface area contributed by atoms with Crippen LogP contribution in [-0.2, 0) is 4.79 Å². The van der Waals surface area contributed by atoms with E-state index in [0.29, 0.717) is 49.0 Å². The second-order valence-corrected chi connectivity index (χ2v) is 8.81. The van der Waals surface area contributed by atoms with Crippen LogP contribution in [0.1, 0.15) is 34.1 Å². The number of piperazine rings is 1. The van der Waals surface area contributed by atoms with Gasteiger partial charge in [0.15, 0.2) is 5.16 Å². The first-order valence-corrected chi connectivity index (χ1v) is 11.4.